The SMILES string of the molecule is CCCN1CC2(CCN(C)CC2)C[C@@H]1C(=O)NCCn1ccnc1CC. The van der Waals surface area contributed by atoms with Crippen LogP contribution < -0.4 is 5.32 Å². The van der Waals surface area contributed by atoms with Crippen molar-refractivity contribution in [2.75, 3.05) is 39.8 Å². The Kier molecular flexibility index (Phi) is 6.35. The Labute approximate surface area is 157 Å². The van der Waals surface area contributed by atoms with E-state index in [0.717, 1.165) is 57.8 Å². The lowest BCUT2D eigenvalue weighted by molar-refractivity contribution is -0.125. The second kappa shape index (κ2) is 8.53. The third-order valence-corrected chi connectivity index (χ3v) is 6.24. The van der Waals surface area contributed by atoms with E-state index in [1.165, 1.54) is 12.8 Å². The molecule has 0 aromatic carbocycles. The maximum Gasteiger partial charge on any atom is 0.237 e. The Morgan fingerprint density at radius 2 is 2.08 bits per heavy atom. The van der Waals surface area contributed by atoms with Gasteiger partial charge in [-0.1, -0.05) is 13.8 Å². The predicted octanol–water partition coefficient (Wildman–Crippen LogP) is 1.76. The highest BCUT2D eigenvalue weighted by Gasteiger charge is 2.47. The number of carbonyl (C=O) groups excluding carboxylic acids is 1. The van der Waals surface area contributed by atoms with E-state index in [1.54, 1.807) is 0 Å². The Morgan fingerprint density at radius 3 is 2.77 bits per heavy atom. The molecule has 1 aromatic rings. The van der Waals surface area contributed by atoms with Crippen molar-refractivity contribution in [2.45, 2.75) is 58.5 Å². The summed E-state index contributed by atoms with van der Waals surface area (Å²) in [4.78, 5) is 22.1. The fourth-order valence-corrected chi connectivity index (χ4v) is 4.66. The van der Waals surface area contributed by atoms with Crippen LogP contribution in [0.5, 0.6) is 0 Å². The van der Waals surface area contributed by atoms with Crippen LogP contribution in [0.2, 0.25) is 0 Å². The minimum Gasteiger partial charge on any atom is -0.353 e. The Hall–Kier alpha value is -1.40. The van der Waals surface area contributed by atoms with E-state index < -0.39 is 0 Å². The molecule has 2 saturated heterocycles. The number of imidazole rings is 1. The zero-order valence-electron chi connectivity index (χ0n) is 16.7. The third-order valence-electron chi connectivity index (χ3n) is 6.24. The second-order valence-corrected chi connectivity index (χ2v) is 8.18. The zero-order valence-corrected chi connectivity index (χ0v) is 16.7. The molecule has 6 heteroatoms. The maximum atomic E-state index is 12.9. The van der Waals surface area contributed by atoms with Gasteiger partial charge in [0.05, 0.1) is 6.04 Å². The number of nitrogens with one attached hydrogen (secondary N) is 1. The van der Waals surface area contributed by atoms with Crippen LogP contribution in [-0.4, -0.2) is 71.1 Å². The highest BCUT2D eigenvalue weighted by atomic mass is 16.2. The van der Waals surface area contributed by atoms with Gasteiger partial charge in [-0.2, -0.15) is 0 Å². The topological polar surface area (TPSA) is 53.4 Å². The molecule has 0 unspecified atom stereocenters. The Bertz CT molecular complexity index is 591. The number of nitrogens with zero attached hydrogens (tertiary/aromatic N) is 4. The van der Waals surface area contributed by atoms with Crippen LogP contribution in [0.1, 0.15) is 45.4 Å². The number of amides is 1. The molecule has 1 N–H and O–H groups in total. The fourth-order valence-electron chi connectivity index (χ4n) is 4.66. The van der Waals surface area contributed by atoms with E-state index >= 15 is 0 Å². The van der Waals surface area contributed by atoms with Gasteiger partial charge in [0.25, 0.3) is 0 Å². The minimum absolute atomic E-state index is 0.0480. The van der Waals surface area contributed by atoms with Crippen molar-refractivity contribution in [1.82, 2.24) is 24.7 Å². The lowest BCUT2D eigenvalue weighted by Gasteiger charge is -2.37. The zero-order chi connectivity index (χ0) is 18.6. The Balaban J connectivity index is 1.56. The molecular formula is C20H35N5O. The summed E-state index contributed by atoms with van der Waals surface area (Å²) in [5, 5.41) is 3.19. The summed E-state index contributed by atoms with van der Waals surface area (Å²) in [6.45, 7) is 10.2. The number of piperidine rings is 1. The van der Waals surface area contributed by atoms with E-state index in [1.807, 2.05) is 12.4 Å². The normalized spacial score (nSPS) is 23.6. The third kappa shape index (κ3) is 4.29. The first-order valence-corrected chi connectivity index (χ1v) is 10.3. The molecule has 1 spiro atoms. The minimum atomic E-state index is 0.0480. The first kappa shape index (κ1) is 19.4. The first-order valence-electron chi connectivity index (χ1n) is 10.3. The lowest BCUT2D eigenvalue weighted by atomic mass is 9.76. The van der Waals surface area contributed by atoms with E-state index in [4.69, 9.17) is 0 Å². The standard InChI is InChI=1S/C20H35N5O/c1-4-10-25-16-20(6-11-23(3)12-7-20)15-17(25)19(26)22-9-14-24-13-8-21-18(24)5-2/h8,13,17H,4-7,9-12,14-16H2,1-3H3,(H,22,26)/t17-/m1/s1. The number of hydrogen-bond donors (Lipinski definition) is 1. The van der Waals surface area contributed by atoms with Gasteiger partial charge in [0.15, 0.2) is 0 Å². The number of rotatable bonds is 7. The van der Waals surface area contributed by atoms with Crippen molar-refractivity contribution >= 4 is 5.91 Å². The van der Waals surface area contributed by atoms with Gasteiger partial charge in [-0.15, -0.1) is 0 Å². The van der Waals surface area contributed by atoms with Gasteiger partial charge in [0.1, 0.15) is 5.82 Å². The average molecular weight is 362 g/mol. The van der Waals surface area contributed by atoms with Gasteiger partial charge in [-0.25, -0.2) is 4.98 Å². The predicted molar refractivity (Wildman–Crippen MR) is 104 cm³/mol. The quantitative estimate of drug-likeness (QED) is 0.804. The molecule has 0 radical (unpaired) electrons. The second-order valence-electron chi connectivity index (χ2n) is 8.18. The largest absolute Gasteiger partial charge is 0.353 e. The lowest BCUT2D eigenvalue weighted by Crippen LogP contribution is -2.44. The van der Waals surface area contributed by atoms with Gasteiger partial charge < -0.3 is 14.8 Å². The van der Waals surface area contributed by atoms with Crippen molar-refractivity contribution in [1.29, 1.82) is 0 Å². The molecule has 3 rings (SSSR count). The van der Waals surface area contributed by atoms with Crippen LogP contribution >= 0.6 is 0 Å². The summed E-state index contributed by atoms with van der Waals surface area (Å²) >= 11 is 0. The molecular weight excluding hydrogens is 326 g/mol. The summed E-state index contributed by atoms with van der Waals surface area (Å²) in [6, 6.07) is 0.0480. The number of likely N-dealkylation sites (tertiary alicyclic amines) is 2. The maximum absolute atomic E-state index is 12.9. The number of aryl methyl sites for hydroxylation is 1. The van der Waals surface area contributed by atoms with Crippen LogP contribution in [0.3, 0.4) is 0 Å². The molecule has 3 heterocycles. The van der Waals surface area contributed by atoms with Gasteiger partial charge in [0, 0.05) is 38.4 Å². The summed E-state index contributed by atoms with van der Waals surface area (Å²) in [5.74, 6) is 1.30. The molecule has 0 saturated carbocycles. The van der Waals surface area contributed by atoms with Gasteiger partial charge in [0.2, 0.25) is 5.91 Å². The molecule has 1 aromatic heterocycles. The molecule has 0 aliphatic carbocycles. The van der Waals surface area contributed by atoms with Crippen molar-refractivity contribution in [2.24, 2.45) is 5.41 Å². The van der Waals surface area contributed by atoms with E-state index in [-0.39, 0.29) is 11.9 Å². The van der Waals surface area contributed by atoms with Gasteiger partial charge in [-0.3, -0.25) is 9.69 Å². The molecule has 26 heavy (non-hydrogen) atoms. The van der Waals surface area contributed by atoms with Crippen molar-refractivity contribution < 1.29 is 4.79 Å². The Morgan fingerprint density at radius 1 is 1.31 bits per heavy atom. The molecule has 1 amide bonds. The van der Waals surface area contributed by atoms with Crippen LogP contribution in [0.15, 0.2) is 12.4 Å². The summed E-state index contributed by atoms with van der Waals surface area (Å²) in [6.07, 6.45) is 9.34. The van der Waals surface area contributed by atoms with Crippen LogP contribution in [0.25, 0.3) is 0 Å². The number of hydrogen-bond acceptors (Lipinski definition) is 4. The highest BCUT2D eigenvalue weighted by molar-refractivity contribution is 5.82. The highest BCUT2D eigenvalue weighted by Crippen LogP contribution is 2.43. The van der Waals surface area contributed by atoms with Crippen LogP contribution in [-0.2, 0) is 17.8 Å². The number of carbonyl (C=O) groups is 1. The molecule has 2 fully saturated rings. The molecule has 0 bridgehead atoms. The molecule has 1 atom stereocenters. The van der Waals surface area contributed by atoms with Crippen LogP contribution in [0.4, 0.5) is 0 Å². The number of aromatic nitrogens is 2. The molecule has 6 nitrogen and oxygen atoms in total. The summed E-state index contributed by atoms with van der Waals surface area (Å²) in [7, 11) is 2.20. The van der Waals surface area contributed by atoms with Gasteiger partial charge in [-0.05, 0) is 57.8 Å². The summed E-state index contributed by atoms with van der Waals surface area (Å²) < 4.78 is 2.14. The van der Waals surface area contributed by atoms with Crippen molar-refractivity contribution in [3.63, 3.8) is 0 Å². The average Bonchev–Trinajstić information content (AvgIpc) is 3.23. The summed E-state index contributed by atoms with van der Waals surface area (Å²) in [5.41, 5.74) is 0.351. The van der Waals surface area contributed by atoms with E-state index in [0.29, 0.717) is 12.0 Å². The van der Waals surface area contributed by atoms with E-state index in [2.05, 4.69) is 45.6 Å². The molecule has 2 aliphatic rings. The smallest absolute Gasteiger partial charge is 0.237 e. The van der Waals surface area contributed by atoms with Gasteiger partial charge >= 0.3 is 0 Å². The molecule has 146 valence electrons. The molecule has 2 aliphatic heterocycles. The fraction of sp³-hybridized carbons (Fsp3) is 0.800. The van der Waals surface area contributed by atoms with Crippen LogP contribution in [0, 0.1) is 5.41 Å². The van der Waals surface area contributed by atoms with Crippen molar-refractivity contribution in [3.05, 3.63) is 18.2 Å². The van der Waals surface area contributed by atoms with Crippen molar-refractivity contribution in [3.8, 4) is 0 Å². The monoisotopic (exact) mass is 361 g/mol. The first-order chi connectivity index (χ1) is 12.6. The van der Waals surface area contributed by atoms with E-state index in [9.17, 15) is 4.79 Å².